The zero-order valence-electron chi connectivity index (χ0n) is 22.0. The first-order chi connectivity index (χ1) is 19.1. The highest BCUT2D eigenvalue weighted by atomic mass is 35.5. The van der Waals surface area contributed by atoms with E-state index in [-0.39, 0.29) is 11.6 Å². The van der Waals surface area contributed by atoms with Crippen LogP contribution in [-0.4, -0.2) is 47.3 Å². The van der Waals surface area contributed by atoms with E-state index < -0.39 is 22.6 Å². The molecule has 1 saturated heterocycles. The summed E-state index contributed by atoms with van der Waals surface area (Å²) in [5, 5.41) is 18.7. The number of amides is 1. The number of nitrogens with zero attached hydrogens (tertiary/aromatic N) is 2. The van der Waals surface area contributed by atoms with Crippen LogP contribution in [0.3, 0.4) is 0 Å². The molecule has 0 aliphatic carbocycles. The average Bonchev–Trinajstić information content (AvgIpc) is 2.93. The van der Waals surface area contributed by atoms with E-state index in [1.807, 2.05) is 30.0 Å². The second-order valence-electron chi connectivity index (χ2n) is 9.63. The van der Waals surface area contributed by atoms with Crippen LogP contribution < -0.4 is 24.8 Å². The van der Waals surface area contributed by atoms with Crippen molar-refractivity contribution in [3.63, 3.8) is 0 Å². The molecular formula is C28H27ClN4O6S. The second kappa shape index (κ2) is 10.8. The number of carbonyl (C=O) groups excluding carboxylic acids is 1. The summed E-state index contributed by atoms with van der Waals surface area (Å²) in [6.45, 7) is 2.23. The van der Waals surface area contributed by atoms with Gasteiger partial charge in [0.1, 0.15) is 11.7 Å². The molecule has 3 aromatic carbocycles. The molecule has 2 N–H and O–H groups in total. The molecule has 5 rings (SSSR count). The number of non-ortho nitro benzene ring substituents is 1. The van der Waals surface area contributed by atoms with Crippen molar-refractivity contribution < 1.29 is 23.9 Å². The highest BCUT2D eigenvalue weighted by Gasteiger charge is 2.58. The molecule has 0 unspecified atom stereocenters. The Morgan fingerprint density at radius 1 is 1.15 bits per heavy atom. The summed E-state index contributed by atoms with van der Waals surface area (Å²) in [6, 6.07) is 16.1. The van der Waals surface area contributed by atoms with Gasteiger partial charge in [-0.1, -0.05) is 17.7 Å². The lowest BCUT2D eigenvalue weighted by Gasteiger charge is -2.56. The van der Waals surface area contributed by atoms with Gasteiger partial charge in [0, 0.05) is 35.0 Å². The molecule has 10 nitrogen and oxygen atoms in total. The van der Waals surface area contributed by atoms with Gasteiger partial charge in [0.05, 0.1) is 25.2 Å². The number of hydrogen-bond donors (Lipinski definition) is 2. The first kappa shape index (κ1) is 27.5. The quantitative estimate of drug-likeness (QED) is 0.212. The molecule has 2 bridgehead atoms. The van der Waals surface area contributed by atoms with Crippen molar-refractivity contribution in [1.29, 1.82) is 0 Å². The number of anilines is 1. The molecule has 1 amide bonds. The number of fused-ring (bicyclic) bond motifs is 4. The molecule has 3 atom stereocenters. The van der Waals surface area contributed by atoms with Gasteiger partial charge in [-0.2, -0.15) is 0 Å². The summed E-state index contributed by atoms with van der Waals surface area (Å²) in [4.78, 5) is 26.8. The van der Waals surface area contributed by atoms with Crippen molar-refractivity contribution in [2.45, 2.75) is 25.1 Å². The van der Waals surface area contributed by atoms with Crippen molar-refractivity contribution in [2.75, 3.05) is 26.1 Å². The first-order valence-electron chi connectivity index (χ1n) is 12.5. The largest absolute Gasteiger partial charge is 0.493 e. The standard InChI is InChI=1S/C28H27ClN4O6S/c1-28-24(26(34)30-18-7-5-17(29)6-8-18)25(20-15-19(33(35)36)9-11-21(20)39-28)31-27(40)32(28)13-12-16-4-10-22(37-2)23(14-16)38-3/h4-11,14-15,24-25H,12-13H2,1-3H3,(H,30,34)(H,31,40)/t24-,25+,28+/m1/s1. The molecule has 3 aromatic rings. The van der Waals surface area contributed by atoms with Crippen LogP contribution in [0, 0.1) is 16.0 Å². The zero-order valence-corrected chi connectivity index (χ0v) is 23.5. The number of thiocarbonyl (C=S) groups is 1. The van der Waals surface area contributed by atoms with Crippen LogP contribution in [0.15, 0.2) is 60.7 Å². The third-order valence-corrected chi connectivity index (χ3v) is 7.88. The van der Waals surface area contributed by atoms with Crippen LogP contribution in [0.5, 0.6) is 17.2 Å². The molecule has 2 heterocycles. The fraction of sp³-hybridized carbons (Fsp3) is 0.286. The van der Waals surface area contributed by atoms with E-state index in [2.05, 4.69) is 10.6 Å². The summed E-state index contributed by atoms with van der Waals surface area (Å²) < 4.78 is 17.3. The SMILES string of the molecule is COc1ccc(CCN2C(=S)N[C@H]3c4cc([N+](=O)[O-])ccc4O[C@@]2(C)[C@H]3C(=O)Nc2ccc(Cl)cc2)cc1OC. The number of methoxy groups -OCH3 is 2. The number of benzene rings is 3. The maximum Gasteiger partial charge on any atom is 0.270 e. The van der Waals surface area contributed by atoms with Gasteiger partial charge in [0.15, 0.2) is 22.3 Å². The van der Waals surface area contributed by atoms with Crippen molar-refractivity contribution in [2.24, 2.45) is 5.92 Å². The second-order valence-corrected chi connectivity index (χ2v) is 10.5. The Hall–Kier alpha value is -4.09. The summed E-state index contributed by atoms with van der Waals surface area (Å²) in [6.07, 6.45) is 0.560. The van der Waals surface area contributed by atoms with E-state index >= 15 is 0 Å². The topological polar surface area (TPSA) is 115 Å². The molecule has 0 saturated carbocycles. The van der Waals surface area contributed by atoms with Crippen LogP contribution >= 0.6 is 23.8 Å². The van der Waals surface area contributed by atoms with E-state index in [0.717, 1.165) is 5.56 Å². The van der Waals surface area contributed by atoms with Crippen LogP contribution in [0.4, 0.5) is 11.4 Å². The van der Waals surface area contributed by atoms with E-state index in [1.165, 1.54) is 12.1 Å². The Bertz CT molecular complexity index is 1490. The molecular weight excluding hydrogens is 556 g/mol. The fourth-order valence-electron chi connectivity index (χ4n) is 5.31. The minimum Gasteiger partial charge on any atom is -0.493 e. The number of hydrogen-bond acceptors (Lipinski definition) is 7. The van der Waals surface area contributed by atoms with Crippen molar-refractivity contribution in [1.82, 2.24) is 10.2 Å². The molecule has 40 heavy (non-hydrogen) atoms. The molecule has 208 valence electrons. The van der Waals surface area contributed by atoms with E-state index in [1.54, 1.807) is 44.6 Å². The predicted molar refractivity (Wildman–Crippen MR) is 154 cm³/mol. The minimum atomic E-state index is -1.21. The lowest BCUT2D eigenvalue weighted by atomic mass is 9.78. The van der Waals surface area contributed by atoms with E-state index in [9.17, 15) is 14.9 Å². The molecule has 2 aliphatic rings. The number of nitro groups is 1. The molecule has 1 fully saturated rings. The number of carbonyl (C=O) groups is 1. The molecule has 12 heteroatoms. The lowest BCUT2D eigenvalue weighted by molar-refractivity contribution is -0.385. The van der Waals surface area contributed by atoms with E-state index in [4.69, 9.17) is 38.0 Å². The van der Waals surface area contributed by atoms with Gasteiger partial charge >= 0.3 is 0 Å². The highest BCUT2D eigenvalue weighted by molar-refractivity contribution is 7.80. The Morgan fingerprint density at radius 3 is 2.55 bits per heavy atom. The van der Waals surface area contributed by atoms with E-state index in [0.29, 0.717) is 51.6 Å². The molecule has 0 spiro atoms. The summed E-state index contributed by atoms with van der Waals surface area (Å²) >= 11 is 11.8. The van der Waals surface area contributed by atoms with Crippen molar-refractivity contribution in [3.8, 4) is 17.2 Å². The van der Waals surface area contributed by atoms with Gasteiger partial charge in [-0.25, -0.2) is 0 Å². The number of halogens is 1. The highest BCUT2D eigenvalue weighted by Crippen LogP contribution is 2.49. The zero-order chi connectivity index (χ0) is 28.6. The van der Waals surface area contributed by atoms with Crippen molar-refractivity contribution in [3.05, 3.63) is 86.9 Å². The molecule has 0 aromatic heterocycles. The minimum absolute atomic E-state index is 0.105. The maximum absolute atomic E-state index is 13.9. The maximum atomic E-state index is 13.9. The smallest absolute Gasteiger partial charge is 0.270 e. The van der Waals surface area contributed by atoms with Crippen LogP contribution in [0.25, 0.3) is 0 Å². The van der Waals surface area contributed by atoms with Gasteiger partial charge in [0.25, 0.3) is 5.69 Å². The Morgan fingerprint density at radius 2 is 1.88 bits per heavy atom. The normalized spacial score (nSPS) is 21.0. The summed E-state index contributed by atoms with van der Waals surface area (Å²) in [5.41, 5.74) is 0.709. The van der Waals surface area contributed by atoms with Crippen LogP contribution in [0.1, 0.15) is 24.1 Å². The third kappa shape index (κ3) is 4.98. The van der Waals surface area contributed by atoms with Crippen LogP contribution in [0.2, 0.25) is 5.02 Å². The van der Waals surface area contributed by atoms with Gasteiger partial charge in [-0.3, -0.25) is 14.9 Å². The molecule has 2 aliphatic heterocycles. The predicted octanol–water partition coefficient (Wildman–Crippen LogP) is 5.10. The van der Waals surface area contributed by atoms with Gasteiger partial charge in [0.2, 0.25) is 5.91 Å². The lowest BCUT2D eigenvalue weighted by Crippen LogP contribution is -2.71. The van der Waals surface area contributed by atoms with Crippen molar-refractivity contribution >= 4 is 46.2 Å². The first-order valence-corrected chi connectivity index (χ1v) is 13.3. The number of rotatable bonds is 8. The average molecular weight is 583 g/mol. The van der Waals surface area contributed by atoms with Gasteiger partial charge in [-0.15, -0.1) is 0 Å². The Labute approximate surface area is 241 Å². The third-order valence-electron chi connectivity index (χ3n) is 7.29. The fourth-order valence-corrected chi connectivity index (χ4v) is 5.83. The monoisotopic (exact) mass is 582 g/mol. The number of nitrogens with one attached hydrogen (secondary N) is 2. The van der Waals surface area contributed by atoms with Gasteiger partial charge < -0.3 is 29.7 Å². The Kier molecular flexibility index (Phi) is 7.43. The summed E-state index contributed by atoms with van der Waals surface area (Å²) in [7, 11) is 3.16. The van der Waals surface area contributed by atoms with Crippen LogP contribution in [-0.2, 0) is 11.2 Å². The van der Waals surface area contributed by atoms with Gasteiger partial charge in [-0.05, 0) is 73.6 Å². The molecule has 0 radical (unpaired) electrons. The Balaban J connectivity index is 1.51. The summed E-state index contributed by atoms with van der Waals surface area (Å²) in [5.74, 6) is 0.513. The number of ether oxygens (including phenoxy) is 3. The number of nitro benzene ring substituents is 1.